The minimum absolute atomic E-state index is 0.0690. The normalized spacial score (nSPS) is 15.5. The number of nitriles is 1. The van der Waals surface area contributed by atoms with Gasteiger partial charge in [-0.15, -0.1) is 0 Å². The molecular formula is C32H34N6O3. The van der Waals surface area contributed by atoms with Crippen molar-refractivity contribution in [3.8, 4) is 6.07 Å². The molecule has 3 aromatic rings. The van der Waals surface area contributed by atoms with Gasteiger partial charge in [0.2, 0.25) is 5.91 Å². The van der Waals surface area contributed by atoms with E-state index in [-0.39, 0.29) is 17.7 Å². The van der Waals surface area contributed by atoms with Crippen molar-refractivity contribution in [3.63, 3.8) is 0 Å². The molecule has 0 aliphatic carbocycles. The number of amides is 3. The van der Waals surface area contributed by atoms with Gasteiger partial charge in [0, 0.05) is 63.5 Å². The minimum Gasteiger partial charge on any atom is -0.368 e. The van der Waals surface area contributed by atoms with Crippen molar-refractivity contribution in [2.24, 2.45) is 0 Å². The molecule has 9 nitrogen and oxygen atoms in total. The smallest absolute Gasteiger partial charge is 0.255 e. The van der Waals surface area contributed by atoms with Crippen LogP contribution in [0.25, 0.3) is 0 Å². The fourth-order valence-electron chi connectivity index (χ4n) is 5.28. The monoisotopic (exact) mass is 550 g/mol. The highest BCUT2D eigenvalue weighted by Gasteiger charge is 2.24. The first kappa shape index (κ1) is 27.9. The second-order valence-electron chi connectivity index (χ2n) is 10.3. The van der Waals surface area contributed by atoms with E-state index in [0.717, 1.165) is 30.8 Å². The average molecular weight is 551 g/mol. The van der Waals surface area contributed by atoms with E-state index in [1.54, 1.807) is 30.3 Å². The number of nitrogens with one attached hydrogen (secondary N) is 2. The molecule has 3 aromatic carbocycles. The molecule has 3 amide bonds. The Labute approximate surface area is 240 Å². The molecule has 0 unspecified atom stereocenters. The first-order valence-corrected chi connectivity index (χ1v) is 14.0. The molecule has 2 saturated heterocycles. The Hall–Kier alpha value is -4.68. The van der Waals surface area contributed by atoms with Gasteiger partial charge in [-0.05, 0) is 54.4 Å². The first-order valence-electron chi connectivity index (χ1n) is 14.0. The summed E-state index contributed by atoms with van der Waals surface area (Å²) in [6.07, 6.45) is 1.15. The second-order valence-corrected chi connectivity index (χ2v) is 10.3. The first-order chi connectivity index (χ1) is 20.0. The summed E-state index contributed by atoms with van der Waals surface area (Å²) < 4.78 is 0. The molecule has 0 spiro atoms. The molecule has 0 saturated carbocycles. The van der Waals surface area contributed by atoms with Crippen LogP contribution in [-0.2, 0) is 11.2 Å². The third-order valence-electron chi connectivity index (χ3n) is 7.56. The second kappa shape index (κ2) is 13.1. The van der Waals surface area contributed by atoms with Crippen LogP contribution >= 0.6 is 0 Å². The standard InChI is InChI=1S/C32H34N6O3/c33-23-25-7-9-26(10-8-25)31(40)35-28-22-27(32(41)38-17-13-34-14-18-38)11-12-29(28)36-15-4-16-37(20-19-36)30(39)21-24-5-2-1-3-6-24/h1-3,5-12,22,34H,4,13-21H2,(H,35,40). The summed E-state index contributed by atoms with van der Waals surface area (Å²) in [5.41, 5.74) is 3.76. The summed E-state index contributed by atoms with van der Waals surface area (Å²) in [5, 5.41) is 15.4. The fraction of sp³-hybridized carbons (Fsp3) is 0.312. The molecule has 2 fully saturated rings. The number of carbonyl (C=O) groups excluding carboxylic acids is 3. The Morgan fingerprint density at radius 2 is 1.54 bits per heavy atom. The van der Waals surface area contributed by atoms with E-state index in [1.807, 2.05) is 52.3 Å². The SMILES string of the molecule is N#Cc1ccc(C(=O)Nc2cc(C(=O)N3CCNCC3)ccc2N2CCCN(C(=O)Cc3ccccc3)CC2)cc1. The lowest BCUT2D eigenvalue weighted by atomic mass is 10.1. The van der Waals surface area contributed by atoms with Gasteiger partial charge in [0.15, 0.2) is 0 Å². The van der Waals surface area contributed by atoms with Crippen LogP contribution in [0.2, 0.25) is 0 Å². The molecular weight excluding hydrogens is 516 g/mol. The zero-order valence-electron chi connectivity index (χ0n) is 23.0. The molecule has 2 heterocycles. The third-order valence-corrected chi connectivity index (χ3v) is 7.56. The molecule has 41 heavy (non-hydrogen) atoms. The number of anilines is 2. The Kier molecular flexibility index (Phi) is 8.92. The lowest BCUT2D eigenvalue weighted by Gasteiger charge is -2.29. The minimum atomic E-state index is -0.322. The van der Waals surface area contributed by atoms with Gasteiger partial charge in [0.1, 0.15) is 0 Å². The maximum absolute atomic E-state index is 13.3. The molecule has 2 aliphatic heterocycles. The fourth-order valence-corrected chi connectivity index (χ4v) is 5.28. The van der Waals surface area contributed by atoms with Gasteiger partial charge in [0.25, 0.3) is 11.8 Å². The number of benzene rings is 3. The number of piperazine rings is 1. The predicted molar refractivity (Wildman–Crippen MR) is 158 cm³/mol. The molecule has 210 valence electrons. The third kappa shape index (κ3) is 6.91. The number of hydrogen-bond acceptors (Lipinski definition) is 6. The molecule has 0 bridgehead atoms. The number of hydrogen-bond donors (Lipinski definition) is 2. The highest BCUT2D eigenvalue weighted by molar-refractivity contribution is 6.07. The summed E-state index contributed by atoms with van der Waals surface area (Å²) in [4.78, 5) is 45.5. The summed E-state index contributed by atoms with van der Waals surface area (Å²) in [5.74, 6) is -0.290. The van der Waals surface area contributed by atoms with Gasteiger partial charge in [-0.25, -0.2) is 0 Å². The highest BCUT2D eigenvalue weighted by Crippen LogP contribution is 2.30. The van der Waals surface area contributed by atoms with Crippen molar-refractivity contribution in [2.75, 3.05) is 62.6 Å². The van der Waals surface area contributed by atoms with E-state index in [1.165, 1.54) is 0 Å². The summed E-state index contributed by atoms with van der Waals surface area (Å²) >= 11 is 0. The lowest BCUT2D eigenvalue weighted by molar-refractivity contribution is -0.130. The van der Waals surface area contributed by atoms with Gasteiger partial charge in [-0.3, -0.25) is 14.4 Å². The molecule has 0 atom stereocenters. The van der Waals surface area contributed by atoms with Crippen LogP contribution in [0.5, 0.6) is 0 Å². The van der Waals surface area contributed by atoms with Crippen molar-refractivity contribution < 1.29 is 14.4 Å². The molecule has 9 heteroatoms. The van der Waals surface area contributed by atoms with E-state index in [2.05, 4.69) is 21.6 Å². The van der Waals surface area contributed by atoms with Crippen LogP contribution in [0.3, 0.4) is 0 Å². The lowest BCUT2D eigenvalue weighted by Crippen LogP contribution is -2.46. The number of carbonyl (C=O) groups is 3. The summed E-state index contributed by atoms with van der Waals surface area (Å²) in [7, 11) is 0. The largest absolute Gasteiger partial charge is 0.368 e. The quantitative estimate of drug-likeness (QED) is 0.488. The summed E-state index contributed by atoms with van der Waals surface area (Å²) in [6, 6.07) is 23.7. The highest BCUT2D eigenvalue weighted by atomic mass is 16.2. The van der Waals surface area contributed by atoms with Crippen LogP contribution in [0.15, 0.2) is 72.8 Å². The Morgan fingerprint density at radius 1 is 0.805 bits per heavy atom. The molecule has 5 rings (SSSR count). The molecule has 2 aliphatic rings. The molecule has 0 aromatic heterocycles. The van der Waals surface area contributed by atoms with E-state index in [0.29, 0.717) is 68.1 Å². The predicted octanol–water partition coefficient (Wildman–Crippen LogP) is 3.14. The van der Waals surface area contributed by atoms with Crippen LogP contribution in [0.4, 0.5) is 11.4 Å². The summed E-state index contributed by atoms with van der Waals surface area (Å²) in [6.45, 7) is 5.30. The molecule has 0 radical (unpaired) electrons. The average Bonchev–Trinajstić information content (AvgIpc) is 3.28. The van der Waals surface area contributed by atoms with Crippen LogP contribution in [0.1, 0.15) is 38.3 Å². The Bertz CT molecular complexity index is 1430. The van der Waals surface area contributed by atoms with Crippen molar-refractivity contribution >= 4 is 29.1 Å². The number of nitrogens with zero attached hydrogens (tertiary/aromatic N) is 4. The van der Waals surface area contributed by atoms with Gasteiger partial charge in [-0.2, -0.15) is 5.26 Å². The van der Waals surface area contributed by atoms with Crippen molar-refractivity contribution in [1.29, 1.82) is 5.26 Å². The van der Waals surface area contributed by atoms with Gasteiger partial charge in [-0.1, -0.05) is 30.3 Å². The Balaban J connectivity index is 1.36. The Morgan fingerprint density at radius 3 is 2.27 bits per heavy atom. The topological polar surface area (TPSA) is 109 Å². The molecule has 2 N–H and O–H groups in total. The van der Waals surface area contributed by atoms with Crippen LogP contribution < -0.4 is 15.5 Å². The number of rotatable bonds is 6. The van der Waals surface area contributed by atoms with Crippen molar-refractivity contribution in [1.82, 2.24) is 15.1 Å². The zero-order valence-corrected chi connectivity index (χ0v) is 23.0. The van der Waals surface area contributed by atoms with E-state index >= 15 is 0 Å². The van der Waals surface area contributed by atoms with E-state index in [9.17, 15) is 14.4 Å². The van der Waals surface area contributed by atoms with Gasteiger partial charge >= 0.3 is 0 Å². The van der Waals surface area contributed by atoms with Crippen LogP contribution in [0, 0.1) is 11.3 Å². The van der Waals surface area contributed by atoms with Crippen molar-refractivity contribution in [3.05, 3.63) is 95.1 Å². The van der Waals surface area contributed by atoms with Crippen molar-refractivity contribution in [2.45, 2.75) is 12.8 Å². The maximum Gasteiger partial charge on any atom is 0.255 e. The zero-order chi connectivity index (χ0) is 28.6. The van der Waals surface area contributed by atoms with E-state index < -0.39 is 0 Å². The van der Waals surface area contributed by atoms with Crippen LogP contribution in [-0.4, -0.2) is 79.9 Å². The van der Waals surface area contributed by atoms with Gasteiger partial charge < -0.3 is 25.3 Å². The van der Waals surface area contributed by atoms with Gasteiger partial charge in [0.05, 0.1) is 29.4 Å². The van der Waals surface area contributed by atoms with E-state index in [4.69, 9.17) is 5.26 Å². The maximum atomic E-state index is 13.3.